The van der Waals surface area contributed by atoms with Gasteiger partial charge in [-0.25, -0.2) is 8.78 Å². The second-order valence-corrected chi connectivity index (χ2v) is 4.32. The van der Waals surface area contributed by atoms with Gasteiger partial charge in [-0.2, -0.15) is 12.6 Å². The monoisotopic (exact) mass is 225 g/mol. The lowest BCUT2D eigenvalue weighted by Crippen LogP contribution is -2.37. The summed E-state index contributed by atoms with van der Waals surface area (Å²) < 4.78 is 24.3. The van der Waals surface area contributed by atoms with E-state index < -0.39 is 6.43 Å². The molecule has 0 aromatic heterocycles. The van der Waals surface area contributed by atoms with Crippen LogP contribution in [0.3, 0.4) is 0 Å². The van der Waals surface area contributed by atoms with Gasteiger partial charge < -0.3 is 5.11 Å². The van der Waals surface area contributed by atoms with Crippen molar-refractivity contribution >= 4 is 12.6 Å². The number of rotatable bonds is 7. The van der Waals surface area contributed by atoms with Crippen LogP contribution in [0.4, 0.5) is 8.78 Å². The third-order valence-electron chi connectivity index (χ3n) is 2.66. The minimum Gasteiger partial charge on any atom is -0.395 e. The smallest absolute Gasteiger partial charge is 0.251 e. The van der Waals surface area contributed by atoms with Crippen LogP contribution in [0.25, 0.3) is 0 Å². The van der Waals surface area contributed by atoms with Gasteiger partial charge in [0.25, 0.3) is 6.43 Å². The van der Waals surface area contributed by atoms with Crippen molar-refractivity contribution in [2.75, 3.05) is 32.0 Å². The molecule has 0 atom stereocenters. The molecule has 0 aromatic rings. The Balaban J connectivity index is 2.34. The van der Waals surface area contributed by atoms with Crippen molar-refractivity contribution in [3.05, 3.63) is 0 Å². The zero-order chi connectivity index (χ0) is 10.6. The van der Waals surface area contributed by atoms with Crippen LogP contribution >= 0.6 is 12.6 Å². The van der Waals surface area contributed by atoms with Gasteiger partial charge in [-0.1, -0.05) is 0 Å². The van der Waals surface area contributed by atoms with Gasteiger partial charge in [0.1, 0.15) is 0 Å². The number of alkyl halides is 2. The molecule has 14 heavy (non-hydrogen) atoms. The van der Waals surface area contributed by atoms with E-state index in [2.05, 4.69) is 12.6 Å². The van der Waals surface area contributed by atoms with Gasteiger partial charge in [-0.3, -0.25) is 4.90 Å². The Morgan fingerprint density at radius 1 is 1.43 bits per heavy atom. The molecule has 0 heterocycles. The summed E-state index contributed by atoms with van der Waals surface area (Å²) in [6.45, 7) is 0.673. The highest BCUT2D eigenvalue weighted by atomic mass is 32.1. The Labute approximate surface area is 88.7 Å². The summed E-state index contributed by atoms with van der Waals surface area (Å²) in [6, 6.07) is 0. The van der Waals surface area contributed by atoms with Crippen molar-refractivity contribution < 1.29 is 13.9 Å². The van der Waals surface area contributed by atoms with Crippen molar-refractivity contribution in [2.45, 2.75) is 19.3 Å². The van der Waals surface area contributed by atoms with Crippen molar-refractivity contribution in [3.63, 3.8) is 0 Å². The average Bonchev–Trinajstić information content (AvgIpc) is 2.85. The van der Waals surface area contributed by atoms with E-state index in [9.17, 15) is 8.78 Å². The summed E-state index contributed by atoms with van der Waals surface area (Å²) in [5.41, 5.74) is 0.146. The summed E-state index contributed by atoms with van der Waals surface area (Å²) in [5.74, 6) is 0.748. The SMILES string of the molecule is OCCN(CC(F)F)CC1(CS)CC1. The summed E-state index contributed by atoms with van der Waals surface area (Å²) in [5, 5.41) is 8.73. The fraction of sp³-hybridized carbons (Fsp3) is 1.00. The fourth-order valence-electron chi connectivity index (χ4n) is 1.59. The molecule has 0 bridgehead atoms. The number of hydrogen-bond donors (Lipinski definition) is 2. The standard InChI is InChI=1S/C9H17F2NOS/c10-8(11)5-12(3-4-13)6-9(7-14)1-2-9/h8,13-14H,1-7H2. The van der Waals surface area contributed by atoms with E-state index in [0.29, 0.717) is 13.1 Å². The Morgan fingerprint density at radius 3 is 2.43 bits per heavy atom. The molecule has 1 aliphatic rings. The zero-order valence-electron chi connectivity index (χ0n) is 8.12. The topological polar surface area (TPSA) is 23.5 Å². The van der Waals surface area contributed by atoms with E-state index in [0.717, 1.165) is 18.6 Å². The average molecular weight is 225 g/mol. The van der Waals surface area contributed by atoms with Gasteiger partial charge in [-0.05, 0) is 24.0 Å². The molecule has 1 N–H and O–H groups in total. The fourth-order valence-corrected chi connectivity index (χ4v) is 2.01. The van der Waals surface area contributed by atoms with Crippen molar-refractivity contribution in [1.29, 1.82) is 0 Å². The maximum Gasteiger partial charge on any atom is 0.251 e. The van der Waals surface area contributed by atoms with Gasteiger partial charge in [0.2, 0.25) is 0 Å². The molecule has 2 nitrogen and oxygen atoms in total. The first-order chi connectivity index (χ1) is 6.62. The lowest BCUT2D eigenvalue weighted by atomic mass is 10.1. The summed E-state index contributed by atoms with van der Waals surface area (Å²) in [7, 11) is 0. The van der Waals surface area contributed by atoms with Crippen LogP contribution in [0.2, 0.25) is 0 Å². The second-order valence-electron chi connectivity index (χ2n) is 4.01. The summed E-state index contributed by atoms with van der Waals surface area (Å²) >= 11 is 4.22. The maximum atomic E-state index is 12.2. The van der Waals surface area contributed by atoms with E-state index >= 15 is 0 Å². The molecule has 0 aliphatic heterocycles. The predicted molar refractivity (Wildman–Crippen MR) is 55.0 cm³/mol. The molecular formula is C9H17F2NOS. The van der Waals surface area contributed by atoms with Gasteiger partial charge in [0, 0.05) is 13.1 Å². The van der Waals surface area contributed by atoms with Crippen LogP contribution in [0, 0.1) is 5.41 Å². The van der Waals surface area contributed by atoms with Gasteiger partial charge in [0.15, 0.2) is 0 Å². The molecule has 0 unspecified atom stereocenters. The molecular weight excluding hydrogens is 208 g/mol. The number of aliphatic hydroxyl groups excluding tert-OH is 1. The number of hydrogen-bond acceptors (Lipinski definition) is 3. The van der Waals surface area contributed by atoms with Crippen molar-refractivity contribution in [1.82, 2.24) is 4.90 Å². The van der Waals surface area contributed by atoms with Crippen LogP contribution in [-0.4, -0.2) is 48.4 Å². The molecule has 0 saturated heterocycles. The van der Waals surface area contributed by atoms with Crippen molar-refractivity contribution in [2.24, 2.45) is 5.41 Å². The predicted octanol–water partition coefficient (Wildman–Crippen LogP) is 1.26. The first-order valence-electron chi connectivity index (χ1n) is 4.84. The maximum absolute atomic E-state index is 12.2. The normalized spacial score (nSPS) is 19.3. The first-order valence-corrected chi connectivity index (χ1v) is 5.47. The van der Waals surface area contributed by atoms with E-state index in [-0.39, 0.29) is 18.6 Å². The highest BCUT2D eigenvalue weighted by Gasteiger charge is 2.42. The molecule has 1 fully saturated rings. The number of thiol groups is 1. The molecule has 0 radical (unpaired) electrons. The largest absolute Gasteiger partial charge is 0.395 e. The van der Waals surface area contributed by atoms with E-state index in [1.165, 1.54) is 0 Å². The second kappa shape index (κ2) is 5.28. The molecule has 0 spiro atoms. The molecule has 1 saturated carbocycles. The van der Waals surface area contributed by atoms with Crippen LogP contribution < -0.4 is 0 Å². The molecule has 0 amide bonds. The molecule has 0 aromatic carbocycles. The minimum absolute atomic E-state index is 0.0601. The van der Waals surface area contributed by atoms with Crippen LogP contribution in [-0.2, 0) is 0 Å². The molecule has 1 rings (SSSR count). The highest BCUT2D eigenvalue weighted by molar-refractivity contribution is 7.80. The first kappa shape index (κ1) is 12.2. The van der Waals surface area contributed by atoms with E-state index in [1.807, 2.05) is 0 Å². The van der Waals surface area contributed by atoms with Gasteiger partial charge in [0.05, 0.1) is 13.2 Å². The number of aliphatic hydroxyl groups is 1. The third kappa shape index (κ3) is 3.71. The Bertz CT molecular complexity index is 176. The van der Waals surface area contributed by atoms with Crippen LogP contribution in [0.15, 0.2) is 0 Å². The Morgan fingerprint density at radius 2 is 2.07 bits per heavy atom. The summed E-state index contributed by atoms with van der Waals surface area (Å²) in [6.07, 6.45) is -0.180. The zero-order valence-corrected chi connectivity index (χ0v) is 9.02. The van der Waals surface area contributed by atoms with Crippen LogP contribution in [0.5, 0.6) is 0 Å². The Kier molecular flexibility index (Phi) is 4.60. The lowest BCUT2D eigenvalue weighted by molar-refractivity contribution is 0.0694. The molecule has 5 heteroatoms. The minimum atomic E-state index is -2.32. The quantitative estimate of drug-likeness (QED) is 0.637. The number of halogens is 2. The van der Waals surface area contributed by atoms with Gasteiger partial charge in [-0.15, -0.1) is 0 Å². The molecule has 1 aliphatic carbocycles. The third-order valence-corrected chi connectivity index (χ3v) is 3.33. The summed E-state index contributed by atoms with van der Waals surface area (Å²) in [4.78, 5) is 1.63. The Hall–Kier alpha value is 0.130. The number of nitrogens with zero attached hydrogens (tertiary/aromatic N) is 1. The van der Waals surface area contributed by atoms with E-state index in [1.54, 1.807) is 4.90 Å². The van der Waals surface area contributed by atoms with Crippen molar-refractivity contribution in [3.8, 4) is 0 Å². The molecule has 84 valence electrons. The highest BCUT2D eigenvalue weighted by Crippen LogP contribution is 2.47. The van der Waals surface area contributed by atoms with Crippen LogP contribution in [0.1, 0.15) is 12.8 Å². The van der Waals surface area contributed by atoms with E-state index in [4.69, 9.17) is 5.11 Å². The lowest BCUT2D eigenvalue weighted by Gasteiger charge is -2.25. The van der Waals surface area contributed by atoms with Gasteiger partial charge >= 0.3 is 0 Å².